The molecule has 1 fully saturated rings. The molecular formula is C10H21N3O. The number of amides is 2. The first-order valence-corrected chi connectivity index (χ1v) is 5.25. The highest BCUT2D eigenvalue weighted by molar-refractivity contribution is 5.74. The highest BCUT2D eigenvalue weighted by Gasteiger charge is 2.35. The number of carbonyl (C=O) groups excluding carboxylic acids is 1. The fraction of sp³-hybridized carbons (Fsp3) is 0.900. The molecule has 2 amide bonds. The number of hydrogen-bond donors (Lipinski definition) is 2. The topological polar surface area (TPSA) is 58.4 Å². The molecule has 14 heavy (non-hydrogen) atoms. The van der Waals surface area contributed by atoms with Gasteiger partial charge in [0.25, 0.3) is 0 Å². The van der Waals surface area contributed by atoms with Crippen LogP contribution >= 0.6 is 0 Å². The van der Waals surface area contributed by atoms with Crippen molar-refractivity contribution in [2.75, 3.05) is 19.6 Å². The van der Waals surface area contributed by atoms with Crippen molar-refractivity contribution in [3.05, 3.63) is 0 Å². The van der Waals surface area contributed by atoms with E-state index in [9.17, 15) is 4.79 Å². The summed E-state index contributed by atoms with van der Waals surface area (Å²) in [7, 11) is 0. The van der Waals surface area contributed by atoms with Gasteiger partial charge in [0, 0.05) is 25.7 Å². The molecule has 4 heteroatoms. The maximum atomic E-state index is 11.6. The average Bonchev–Trinajstić information content (AvgIpc) is 2.10. The van der Waals surface area contributed by atoms with Crippen molar-refractivity contribution in [2.45, 2.75) is 33.2 Å². The van der Waals surface area contributed by atoms with Gasteiger partial charge in [-0.1, -0.05) is 13.8 Å². The highest BCUT2D eigenvalue weighted by Crippen LogP contribution is 2.27. The Morgan fingerprint density at radius 3 is 2.79 bits per heavy atom. The van der Waals surface area contributed by atoms with Crippen molar-refractivity contribution < 1.29 is 4.79 Å². The van der Waals surface area contributed by atoms with Gasteiger partial charge in [-0.15, -0.1) is 0 Å². The maximum absolute atomic E-state index is 11.6. The van der Waals surface area contributed by atoms with Gasteiger partial charge >= 0.3 is 6.03 Å². The Labute approximate surface area is 85.8 Å². The van der Waals surface area contributed by atoms with E-state index in [-0.39, 0.29) is 17.5 Å². The fourth-order valence-corrected chi connectivity index (χ4v) is 1.81. The summed E-state index contributed by atoms with van der Waals surface area (Å²) in [6, 6.07) is 0.237. The average molecular weight is 199 g/mol. The number of rotatable bonds is 1. The van der Waals surface area contributed by atoms with Crippen LogP contribution in [0.25, 0.3) is 0 Å². The summed E-state index contributed by atoms with van der Waals surface area (Å²) in [5.74, 6) is 0. The second-order valence-electron chi connectivity index (χ2n) is 4.64. The molecular weight excluding hydrogens is 178 g/mol. The predicted molar refractivity (Wildman–Crippen MR) is 57.0 cm³/mol. The van der Waals surface area contributed by atoms with Crippen LogP contribution in [-0.2, 0) is 0 Å². The molecule has 4 nitrogen and oxygen atoms in total. The third kappa shape index (κ3) is 2.38. The fourth-order valence-electron chi connectivity index (χ4n) is 1.81. The molecule has 0 spiro atoms. The SMILES string of the molecule is CCNC(=O)N1CCC(N)C(C)(C)C1. The number of likely N-dealkylation sites (tertiary alicyclic amines) is 1. The van der Waals surface area contributed by atoms with Crippen LogP contribution < -0.4 is 11.1 Å². The lowest BCUT2D eigenvalue weighted by Crippen LogP contribution is -2.55. The van der Waals surface area contributed by atoms with Gasteiger partial charge in [0.2, 0.25) is 0 Å². The smallest absolute Gasteiger partial charge is 0.317 e. The first-order valence-electron chi connectivity index (χ1n) is 5.25. The summed E-state index contributed by atoms with van der Waals surface area (Å²) in [5, 5.41) is 2.81. The summed E-state index contributed by atoms with van der Waals surface area (Å²) in [6.45, 7) is 8.36. The minimum absolute atomic E-state index is 0.0311. The molecule has 0 radical (unpaired) electrons. The van der Waals surface area contributed by atoms with E-state index >= 15 is 0 Å². The van der Waals surface area contributed by atoms with E-state index in [0.29, 0.717) is 6.54 Å². The van der Waals surface area contributed by atoms with Crippen LogP contribution in [0.1, 0.15) is 27.2 Å². The van der Waals surface area contributed by atoms with Gasteiger partial charge in [0.1, 0.15) is 0 Å². The number of nitrogens with one attached hydrogen (secondary N) is 1. The second kappa shape index (κ2) is 4.17. The van der Waals surface area contributed by atoms with Gasteiger partial charge in [-0.05, 0) is 18.8 Å². The minimum Gasteiger partial charge on any atom is -0.338 e. The molecule has 82 valence electrons. The maximum Gasteiger partial charge on any atom is 0.317 e. The van der Waals surface area contributed by atoms with Crippen molar-refractivity contribution in [1.29, 1.82) is 0 Å². The Morgan fingerprint density at radius 1 is 1.64 bits per heavy atom. The quantitative estimate of drug-likeness (QED) is 0.655. The third-order valence-corrected chi connectivity index (χ3v) is 2.93. The molecule has 0 aromatic heterocycles. The van der Waals surface area contributed by atoms with Crippen molar-refractivity contribution in [3.63, 3.8) is 0 Å². The van der Waals surface area contributed by atoms with Gasteiger partial charge in [0.15, 0.2) is 0 Å². The zero-order valence-corrected chi connectivity index (χ0v) is 9.34. The molecule has 0 bridgehead atoms. The molecule has 1 saturated heterocycles. The zero-order chi connectivity index (χ0) is 10.8. The highest BCUT2D eigenvalue weighted by atomic mass is 16.2. The molecule has 1 heterocycles. The second-order valence-corrected chi connectivity index (χ2v) is 4.64. The van der Waals surface area contributed by atoms with E-state index < -0.39 is 0 Å². The van der Waals surface area contributed by atoms with Gasteiger partial charge in [-0.2, -0.15) is 0 Å². The molecule has 1 aliphatic rings. The molecule has 0 aromatic rings. The van der Waals surface area contributed by atoms with E-state index in [1.165, 1.54) is 0 Å². The Balaban J connectivity index is 2.55. The van der Waals surface area contributed by atoms with E-state index in [1.807, 2.05) is 11.8 Å². The Kier molecular flexibility index (Phi) is 3.37. The van der Waals surface area contributed by atoms with E-state index in [1.54, 1.807) is 0 Å². The largest absolute Gasteiger partial charge is 0.338 e. The van der Waals surface area contributed by atoms with Gasteiger partial charge in [0.05, 0.1) is 0 Å². The number of nitrogens with zero attached hydrogens (tertiary/aromatic N) is 1. The van der Waals surface area contributed by atoms with E-state index in [0.717, 1.165) is 19.5 Å². The van der Waals surface area contributed by atoms with E-state index in [4.69, 9.17) is 5.73 Å². The number of piperidine rings is 1. The number of urea groups is 1. The number of nitrogens with two attached hydrogens (primary N) is 1. The standard InChI is InChI=1S/C10H21N3O/c1-4-12-9(14)13-6-5-8(11)10(2,3)7-13/h8H,4-7,11H2,1-3H3,(H,12,14). The van der Waals surface area contributed by atoms with Crippen molar-refractivity contribution >= 4 is 6.03 Å². The molecule has 0 aromatic carbocycles. The lowest BCUT2D eigenvalue weighted by Gasteiger charge is -2.42. The molecule has 0 saturated carbocycles. The molecule has 3 N–H and O–H groups in total. The minimum atomic E-state index is 0.0311. The van der Waals surface area contributed by atoms with Crippen molar-refractivity contribution in [2.24, 2.45) is 11.1 Å². The van der Waals surface area contributed by atoms with Gasteiger partial charge in [-0.3, -0.25) is 0 Å². The predicted octanol–water partition coefficient (Wildman–Crippen LogP) is 0.775. The Hall–Kier alpha value is -0.770. The zero-order valence-electron chi connectivity index (χ0n) is 9.34. The number of carbonyl (C=O) groups is 1. The first-order chi connectivity index (χ1) is 6.47. The van der Waals surface area contributed by atoms with Gasteiger partial charge in [-0.25, -0.2) is 4.79 Å². The van der Waals surface area contributed by atoms with Crippen LogP contribution in [0.4, 0.5) is 4.79 Å². The Morgan fingerprint density at radius 2 is 2.29 bits per heavy atom. The lowest BCUT2D eigenvalue weighted by atomic mass is 9.80. The Bertz CT molecular complexity index is 215. The van der Waals surface area contributed by atoms with Crippen LogP contribution in [0, 0.1) is 5.41 Å². The summed E-state index contributed by atoms with van der Waals surface area (Å²) in [5.41, 5.74) is 6.02. The molecule has 1 aliphatic heterocycles. The van der Waals surface area contributed by atoms with Gasteiger partial charge < -0.3 is 16.0 Å². The van der Waals surface area contributed by atoms with E-state index in [2.05, 4.69) is 19.2 Å². The monoisotopic (exact) mass is 199 g/mol. The van der Waals surface area contributed by atoms with Crippen LogP contribution in [0.2, 0.25) is 0 Å². The molecule has 0 aliphatic carbocycles. The van der Waals surface area contributed by atoms with Crippen LogP contribution in [0.3, 0.4) is 0 Å². The summed E-state index contributed by atoms with van der Waals surface area (Å²) < 4.78 is 0. The normalized spacial score (nSPS) is 26.0. The molecule has 1 atom stereocenters. The number of hydrogen-bond acceptors (Lipinski definition) is 2. The molecule has 1 unspecified atom stereocenters. The summed E-state index contributed by atoms with van der Waals surface area (Å²) in [6.07, 6.45) is 0.893. The van der Waals surface area contributed by atoms with Crippen LogP contribution in [0.15, 0.2) is 0 Å². The van der Waals surface area contributed by atoms with Crippen molar-refractivity contribution in [3.8, 4) is 0 Å². The van der Waals surface area contributed by atoms with Crippen molar-refractivity contribution in [1.82, 2.24) is 10.2 Å². The van der Waals surface area contributed by atoms with Crippen LogP contribution in [-0.4, -0.2) is 36.6 Å². The van der Waals surface area contributed by atoms with Crippen LogP contribution in [0.5, 0.6) is 0 Å². The first kappa shape index (κ1) is 11.3. The molecule has 1 rings (SSSR count). The summed E-state index contributed by atoms with van der Waals surface area (Å²) in [4.78, 5) is 13.4. The lowest BCUT2D eigenvalue weighted by molar-refractivity contribution is 0.111. The third-order valence-electron chi connectivity index (χ3n) is 2.93. The summed E-state index contributed by atoms with van der Waals surface area (Å²) >= 11 is 0.